The van der Waals surface area contributed by atoms with Crippen LogP contribution in [0.4, 0.5) is 5.69 Å². The Hall–Kier alpha value is -1.93. The van der Waals surface area contributed by atoms with E-state index in [9.17, 15) is 9.59 Å². The molecule has 8 heteroatoms. The number of hydrogen-bond acceptors (Lipinski definition) is 5. The van der Waals surface area contributed by atoms with E-state index in [1.165, 1.54) is 16.7 Å². The molecule has 0 fully saturated rings. The minimum absolute atomic E-state index is 0.0523. The Bertz CT molecular complexity index is 687. The van der Waals surface area contributed by atoms with E-state index >= 15 is 0 Å². The summed E-state index contributed by atoms with van der Waals surface area (Å²) in [6.07, 6.45) is 0.562. The second kappa shape index (κ2) is 6.68. The van der Waals surface area contributed by atoms with Crippen molar-refractivity contribution in [1.82, 2.24) is 4.98 Å². The number of aromatic nitrogens is 1. The summed E-state index contributed by atoms with van der Waals surface area (Å²) in [5.74, 6) is -1.55. The Morgan fingerprint density at radius 2 is 2.19 bits per heavy atom. The number of anilines is 1. The van der Waals surface area contributed by atoms with Gasteiger partial charge in [0.15, 0.2) is 5.69 Å². The molecule has 1 heterocycles. The van der Waals surface area contributed by atoms with Gasteiger partial charge in [0.1, 0.15) is 0 Å². The number of thiazole rings is 1. The highest BCUT2D eigenvalue weighted by Crippen LogP contribution is 2.21. The molecule has 1 amide bonds. The topological polar surface area (TPSA) is 105 Å². The van der Waals surface area contributed by atoms with Gasteiger partial charge >= 0.3 is 5.97 Å². The van der Waals surface area contributed by atoms with Crippen molar-refractivity contribution in [3.05, 3.63) is 44.3 Å². The maximum atomic E-state index is 11.4. The zero-order valence-electron chi connectivity index (χ0n) is 10.8. The number of carbonyl (C=O) groups is 2. The number of amides is 1. The summed E-state index contributed by atoms with van der Waals surface area (Å²) < 4.78 is 0.771. The number of rotatable bonds is 6. The van der Waals surface area contributed by atoms with Crippen molar-refractivity contribution < 1.29 is 14.7 Å². The first-order chi connectivity index (χ1) is 9.97. The number of nitrogens with zero attached hydrogens (tertiary/aromatic N) is 1. The first kappa shape index (κ1) is 15.5. The zero-order valence-corrected chi connectivity index (χ0v) is 13.2. The van der Waals surface area contributed by atoms with Gasteiger partial charge in [-0.1, -0.05) is 15.9 Å². The average molecular weight is 370 g/mol. The Kier molecular flexibility index (Phi) is 4.92. The van der Waals surface area contributed by atoms with E-state index in [4.69, 9.17) is 10.8 Å². The zero-order chi connectivity index (χ0) is 15.4. The van der Waals surface area contributed by atoms with E-state index in [2.05, 4.69) is 26.2 Å². The molecule has 2 aromatic rings. The maximum Gasteiger partial charge on any atom is 0.355 e. The molecule has 0 aliphatic carbocycles. The third-order valence-electron chi connectivity index (χ3n) is 2.67. The van der Waals surface area contributed by atoms with E-state index in [1.54, 1.807) is 18.2 Å². The monoisotopic (exact) mass is 369 g/mol. The fourth-order valence-electron chi connectivity index (χ4n) is 1.70. The SMILES string of the molecule is NC(=O)c1cc(Br)ccc1NCCc1nc(C(=O)O)cs1. The summed E-state index contributed by atoms with van der Waals surface area (Å²) >= 11 is 4.58. The summed E-state index contributed by atoms with van der Waals surface area (Å²) in [4.78, 5) is 26.1. The van der Waals surface area contributed by atoms with E-state index < -0.39 is 11.9 Å². The van der Waals surface area contributed by atoms with Crippen molar-refractivity contribution in [2.45, 2.75) is 6.42 Å². The number of aromatic carboxylic acids is 1. The number of halogens is 1. The van der Waals surface area contributed by atoms with Gasteiger partial charge < -0.3 is 16.2 Å². The van der Waals surface area contributed by atoms with Gasteiger partial charge in [0, 0.05) is 28.5 Å². The lowest BCUT2D eigenvalue weighted by atomic mass is 10.1. The standard InChI is InChI=1S/C13H12BrN3O3S/c14-7-1-2-9(8(5-7)12(15)18)16-4-3-11-17-10(6-21-11)13(19)20/h1-2,5-6,16H,3-4H2,(H2,15,18)(H,19,20). The first-order valence-corrected chi connectivity index (χ1v) is 7.65. The lowest BCUT2D eigenvalue weighted by Crippen LogP contribution is -2.15. The van der Waals surface area contributed by atoms with Crippen molar-refractivity contribution in [3.8, 4) is 0 Å². The molecular formula is C13H12BrN3O3S. The number of primary amides is 1. The highest BCUT2D eigenvalue weighted by Gasteiger charge is 2.10. The second-order valence-electron chi connectivity index (χ2n) is 4.16. The van der Waals surface area contributed by atoms with Crippen LogP contribution in [0.15, 0.2) is 28.1 Å². The summed E-state index contributed by atoms with van der Waals surface area (Å²) in [6, 6.07) is 5.21. The largest absolute Gasteiger partial charge is 0.476 e. The van der Waals surface area contributed by atoms with Crippen LogP contribution in [0.1, 0.15) is 25.9 Å². The normalized spacial score (nSPS) is 10.3. The lowest BCUT2D eigenvalue weighted by Gasteiger charge is -2.09. The fraction of sp³-hybridized carbons (Fsp3) is 0.154. The molecule has 0 saturated carbocycles. The van der Waals surface area contributed by atoms with Gasteiger partial charge in [-0.05, 0) is 18.2 Å². The van der Waals surface area contributed by atoms with Gasteiger partial charge in [0.25, 0.3) is 5.91 Å². The molecule has 0 saturated heterocycles. The molecule has 1 aromatic carbocycles. The molecule has 6 nitrogen and oxygen atoms in total. The van der Waals surface area contributed by atoms with Crippen molar-refractivity contribution in [2.24, 2.45) is 5.73 Å². The highest BCUT2D eigenvalue weighted by atomic mass is 79.9. The summed E-state index contributed by atoms with van der Waals surface area (Å²) in [5, 5.41) is 14.1. The first-order valence-electron chi connectivity index (χ1n) is 5.98. The number of carboxylic acids is 1. The average Bonchev–Trinajstić information content (AvgIpc) is 2.89. The predicted molar refractivity (Wildman–Crippen MR) is 83.9 cm³/mol. The third-order valence-corrected chi connectivity index (χ3v) is 4.07. The number of carbonyl (C=O) groups excluding carboxylic acids is 1. The smallest absolute Gasteiger partial charge is 0.355 e. The lowest BCUT2D eigenvalue weighted by molar-refractivity contribution is 0.0691. The summed E-state index contributed by atoms with van der Waals surface area (Å²) in [5.41, 5.74) is 6.42. The van der Waals surface area contributed by atoms with Crippen LogP contribution >= 0.6 is 27.3 Å². The van der Waals surface area contributed by atoms with E-state index in [0.29, 0.717) is 24.2 Å². The molecule has 1 aromatic heterocycles. The quantitative estimate of drug-likeness (QED) is 0.724. The van der Waals surface area contributed by atoms with E-state index in [1.807, 2.05) is 0 Å². The molecule has 0 bridgehead atoms. The van der Waals surface area contributed by atoms with Crippen LogP contribution in [-0.4, -0.2) is 28.5 Å². The van der Waals surface area contributed by atoms with Gasteiger partial charge in [-0.25, -0.2) is 9.78 Å². The van der Waals surface area contributed by atoms with Crippen LogP contribution in [0, 0.1) is 0 Å². The molecule has 0 radical (unpaired) electrons. The Morgan fingerprint density at radius 3 is 2.81 bits per heavy atom. The molecule has 4 N–H and O–H groups in total. The van der Waals surface area contributed by atoms with Crippen molar-refractivity contribution >= 4 is 44.8 Å². The Balaban J connectivity index is 2.00. The van der Waals surface area contributed by atoms with Gasteiger partial charge in [-0.2, -0.15) is 0 Å². The number of hydrogen-bond donors (Lipinski definition) is 3. The summed E-state index contributed by atoms with van der Waals surface area (Å²) in [7, 11) is 0. The van der Waals surface area contributed by atoms with Crippen LogP contribution in [0.2, 0.25) is 0 Å². The number of nitrogens with one attached hydrogen (secondary N) is 1. The Labute approximate surface area is 133 Å². The van der Waals surface area contributed by atoms with Crippen LogP contribution in [-0.2, 0) is 6.42 Å². The van der Waals surface area contributed by atoms with Crippen LogP contribution in [0.5, 0.6) is 0 Å². The van der Waals surface area contributed by atoms with Gasteiger partial charge in [0.2, 0.25) is 0 Å². The van der Waals surface area contributed by atoms with Gasteiger partial charge in [-0.15, -0.1) is 11.3 Å². The summed E-state index contributed by atoms with van der Waals surface area (Å²) in [6.45, 7) is 0.522. The number of benzene rings is 1. The van der Waals surface area contributed by atoms with E-state index in [-0.39, 0.29) is 5.69 Å². The number of carboxylic acid groups (broad SMARTS) is 1. The van der Waals surface area contributed by atoms with Crippen molar-refractivity contribution in [3.63, 3.8) is 0 Å². The molecule has 0 aliphatic rings. The molecular weight excluding hydrogens is 358 g/mol. The van der Waals surface area contributed by atoms with Crippen LogP contribution in [0.25, 0.3) is 0 Å². The van der Waals surface area contributed by atoms with Gasteiger partial charge in [0.05, 0.1) is 10.6 Å². The van der Waals surface area contributed by atoms with Crippen LogP contribution < -0.4 is 11.1 Å². The predicted octanol–water partition coefficient (Wildman–Crippen LogP) is 2.36. The van der Waals surface area contributed by atoms with Crippen molar-refractivity contribution in [2.75, 3.05) is 11.9 Å². The van der Waals surface area contributed by atoms with E-state index in [0.717, 1.165) is 9.48 Å². The Morgan fingerprint density at radius 1 is 1.43 bits per heavy atom. The molecule has 0 unspecified atom stereocenters. The highest BCUT2D eigenvalue weighted by molar-refractivity contribution is 9.10. The maximum absolute atomic E-state index is 11.4. The van der Waals surface area contributed by atoms with Crippen LogP contribution in [0.3, 0.4) is 0 Å². The number of nitrogens with two attached hydrogens (primary N) is 1. The minimum atomic E-state index is -1.03. The third kappa shape index (κ3) is 4.02. The molecule has 0 atom stereocenters. The molecule has 0 spiro atoms. The van der Waals surface area contributed by atoms with Gasteiger partial charge in [-0.3, -0.25) is 4.79 Å². The molecule has 21 heavy (non-hydrogen) atoms. The second-order valence-corrected chi connectivity index (χ2v) is 6.02. The molecule has 2 rings (SSSR count). The molecule has 110 valence electrons. The van der Waals surface area contributed by atoms with Crippen molar-refractivity contribution in [1.29, 1.82) is 0 Å². The molecule has 0 aliphatic heterocycles. The fourth-order valence-corrected chi connectivity index (χ4v) is 2.84. The minimum Gasteiger partial charge on any atom is -0.476 e.